The third-order valence-electron chi connectivity index (χ3n) is 6.79. The predicted molar refractivity (Wildman–Crippen MR) is 114 cm³/mol. The van der Waals surface area contributed by atoms with E-state index in [1.54, 1.807) is 0 Å². The number of fused-ring (bicyclic) bond motifs is 1. The van der Waals surface area contributed by atoms with Gasteiger partial charge in [0, 0.05) is 12.0 Å². The van der Waals surface area contributed by atoms with E-state index in [1.165, 1.54) is 74.5 Å². The molecule has 26 heavy (non-hydrogen) atoms. The van der Waals surface area contributed by atoms with E-state index in [1.807, 2.05) is 0 Å². The number of likely N-dealkylation sites (tertiary alicyclic amines) is 1. The third-order valence-corrected chi connectivity index (χ3v) is 6.79. The van der Waals surface area contributed by atoms with E-state index in [9.17, 15) is 0 Å². The van der Waals surface area contributed by atoms with E-state index in [0.717, 1.165) is 6.54 Å². The molecule has 0 amide bonds. The van der Waals surface area contributed by atoms with Crippen LogP contribution in [0.15, 0.2) is 42.5 Å². The van der Waals surface area contributed by atoms with Gasteiger partial charge < -0.3 is 10.6 Å². The molecule has 1 aliphatic heterocycles. The van der Waals surface area contributed by atoms with Gasteiger partial charge in [-0.1, -0.05) is 69.2 Å². The highest BCUT2D eigenvalue weighted by Gasteiger charge is 2.36. The molecule has 142 valence electrons. The minimum absolute atomic E-state index is 0.0748. The second-order valence-electron chi connectivity index (χ2n) is 8.20. The number of nitrogens with two attached hydrogens (primary N) is 1. The first-order valence-corrected chi connectivity index (χ1v) is 10.6. The van der Waals surface area contributed by atoms with Gasteiger partial charge in [-0.2, -0.15) is 0 Å². The Balaban J connectivity index is 1.87. The van der Waals surface area contributed by atoms with Gasteiger partial charge in [0.2, 0.25) is 0 Å². The summed E-state index contributed by atoms with van der Waals surface area (Å²) in [6, 6.07) is 15.6. The minimum atomic E-state index is 0.0748. The molecule has 2 aromatic rings. The lowest BCUT2D eigenvalue weighted by Gasteiger charge is -2.40. The van der Waals surface area contributed by atoms with Crippen molar-refractivity contribution < 1.29 is 0 Å². The number of hydrogen-bond acceptors (Lipinski definition) is 2. The maximum absolute atomic E-state index is 6.51. The van der Waals surface area contributed by atoms with Crippen LogP contribution in [0.3, 0.4) is 0 Å². The van der Waals surface area contributed by atoms with E-state index in [2.05, 4.69) is 61.2 Å². The van der Waals surface area contributed by atoms with Crippen LogP contribution >= 0.6 is 0 Å². The van der Waals surface area contributed by atoms with Crippen LogP contribution in [-0.4, -0.2) is 31.1 Å². The molecule has 2 aromatic carbocycles. The van der Waals surface area contributed by atoms with Gasteiger partial charge in [-0.05, 0) is 67.6 Å². The molecule has 0 bridgehead atoms. The van der Waals surface area contributed by atoms with Crippen molar-refractivity contribution in [2.24, 2.45) is 11.7 Å². The normalized spacial score (nSPS) is 19.3. The molecular formula is C24H36N2. The Morgan fingerprint density at radius 1 is 1.04 bits per heavy atom. The van der Waals surface area contributed by atoms with Gasteiger partial charge in [-0.3, -0.25) is 0 Å². The fourth-order valence-electron chi connectivity index (χ4n) is 4.91. The average Bonchev–Trinajstić information content (AvgIpc) is 2.71. The Bertz CT molecular complexity index is 684. The summed E-state index contributed by atoms with van der Waals surface area (Å²) < 4.78 is 0. The van der Waals surface area contributed by atoms with Crippen molar-refractivity contribution in [3.05, 3.63) is 48.0 Å². The highest BCUT2D eigenvalue weighted by Crippen LogP contribution is 2.41. The van der Waals surface area contributed by atoms with Crippen LogP contribution in [-0.2, 0) is 5.41 Å². The van der Waals surface area contributed by atoms with Gasteiger partial charge in [0.15, 0.2) is 0 Å². The van der Waals surface area contributed by atoms with Crippen molar-refractivity contribution in [3.63, 3.8) is 0 Å². The molecule has 1 heterocycles. The molecule has 2 N–H and O–H groups in total. The zero-order valence-corrected chi connectivity index (χ0v) is 16.7. The van der Waals surface area contributed by atoms with E-state index in [4.69, 9.17) is 5.73 Å². The minimum Gasteiger partial charge on any atom is -0.330 e. The van der Waals surface area contributed by atoms with Crippen molar-refractivity contribution in [1.29, 1.82) is 0 Å². The highest BCUT2D eigenvalue weighted by molar-refractivity contribution is 5.86. The molecule has 0 saturated carbocycles. The second-order valence-corrected chi connectivity index (χ2v) is 8.20. The number of rotatable bonds is 8. The molecule has 1 saturated heterocycles. The SMILES string of the molecule is CCC(C)C(CN)(CCCN1CCCCC1)c1cccc2ccccc12. The molecule has 0 spiro atoms. The van der Waals surface area contributed by atoms with Crippen molar-refractivity contribution in [2.45, 2.75) is 57.8 Å². The number of nitrogens with zero attached hydrogens (tertiary/aromatic N) is 1. The van der Waals surface area contributed by atoms with E-state index in [-0.39, 0.29) is 5.41 Å². The quantitative estimate of drug-likeness (QED) is 0.694. The summed E-state index contributed by atoms with van der Waals surface area (Å²) in [5.74, 6) is 0.583. The van der Waals surface area contributed by atoms with Crippen LogP contribution in [0.1, 0.15) is 57.9 Å². The molecule has 1 aliphatic rings. The van der Waals surface area contributed by atoms with Crippen LogP contribution in [0.2, 0.25) is 0 Å². The topological polar surface area (TPSA) is 29.3 Å². The lowest BCUT2D eigenvalue weighted by atomic mass is 9.66. The maximum Gasteiger partial charge on any atom is 0.0108 e. The predicted octanol–water partition coefficient (Wildman–Crippen LogP) is 5.35. The smallest absolute Gasteiger partial charge is 0.0108 e. The van der Waals surface area contributed by atoms with E-state index >= 15 is 0 Å². The molecular weight excluding hydrogens is 316 g/mol. The Kier molecular flexibility index (Phi) is 6.72. The summed E-state index contributed by atoms with van der Waals surface area (Å²) in [4.78, 5) is 2.66. The van der Waals surface area contributed by atoms with Gasteiger partial charge in [0.25, 0.3) is 0 Å². The fraction of sp³-hybridized carbons (Fsp3) is 0.583. The van der Waals surface area contributed by atoms with Gasteiger partial charge >= 0.3 is 0 Å². The first-order chi connectivity index (χ1) is 12.7. The molecule has 2 nitrogen and oxygen atoms in total. The van der Waals surface area contributed by atoms with Crippen molar-refractivity contribution >= 4 is 10.8 Å². The first kappa shape index (κ1) is 19.4. The summed E-state index contributed by atoms with van der Waals surface area (Å²) in [6.45, 7) is 9.24. The summed E-state index contributed by atoms with van der Waals surface area (Å²) in [6.07, 6.45) is 7.75. The molecule has 2 atom stereocenters. The monoisotopic (exact) mass is 352 g/mol. The molecule has 2 unspecified atom stereocenters. The van der Waals surface area contributed by atoms with Crippen LogP contribution < -0.4 is 5.73 Å². The van der Waals surface area contributed by atoms with Crippen LogP contribution in [0, 0.1) is 5.92 Å². The first-order valence-electron chi connectivity index (χ1n) is 10.6. The standard InChI is InChI=1S/C24H36N2/c1-3-20(2)24(19-25,15-10-18-26-16-7-4-8-17-26)23-14-9-12-21-11-5-6-13-22(21)23/h5-6,9,11-14,20H,3-4,7-8,10,15-19,25H2,1-2H3. The van der Waals surface area contributed by atoms with Crippen LogP contribution in [0.25, 0.3) is 10.8 Å². The van der Waals surface area contributed by atoms with Crippen molar-refractivity contribution in [2.75, 3.05) is 26.2 Å². The molecule has 0 aliphatic carbocycles. The maximum atomic E-state index is 6.51. The molecule has 2 heteroatoms. The average molecular weight is 353 g/mol. The van der Waals surface area contributed by atoms with E-state index < -0.39 is 0 Å². The van der Waals surface area contributed by atoms with Gasteiger partial charge in [0.05, 0.1) is 0 Å². The van der Waals surface area contributed by atoms with Gasteiger partial charge in [0.1, 0.15) is 0 Å². The molecule has 0 aromatic heterocycles. The zero-order chi connectivity index (χ0) is 18.4. The van der Waals surface area contributed by atoms with Crippen molar-refractivity contribution in [1.82, 2.24) is 4.90 Å². The Morgan fingerprint density at radius 2 is 1.77 bits per heavy atom. The largest absolute Gasteiger partial charge is 0.330 e. The van der Waals surface area contributed by atoms with Gasteiger partial charge in [-0.25, -0.2) is 0 Å². The molecule has 3 rings (SSSR count). The number of hydrogen-bond donors (Lipinski definition) is 1. The lowest BCUT2D eigenvalue weighted by Crippen LogP contribution is -2.42. The zero-order valence-electron chi connectivity index (χ0n) is 16.7. The fourth-order valence-corrected chi connectivity index (χ4v) is 4.91. The lowest BCUT2D eigenvalue weighted by molar-refractivity contribution is 0.201. The summed E-state index contributed by atoms with van der Waals surface area (Å²) in [7, 11) is 0. The summed E-state index contributed by atoms with van der Waals surface area (Å²) in [5, 5.41) is 2.72. The Hall–Kier alpha value is -1.38. The second kappa shape index (κ2) is 9.01. The van der Waals surface area contributed by atoms with Crippen LogP contribution in [0.5, 0.6) is 0 Å². The van der Waals surface area contributed by atoms with Crippen LogP contribution in [0.4, 0.5) is 0 Å². The molecule has 1 fully saturated rings. The van der Waals surface area contributed by atoms with Crippen molar-refractivity contribution in [3.8, 4) is 0 Å². The number of piperidine rings is 1. The molecule has 0 radical (unpaired) electrons. The summed E-state index contributed by atoms with van der Waals surface area (Å²) >= 11 is 0. The summed E-state index contributed by atoms with van der Waals surface area (Å²) in [5.41, 5.74) is 8.05. The Morgan fingerprint density at radius 3 is 2.50 bits per heavy atom. The van der Waals surface area contributed by atoms with Gasteiger partial charge in [-0.15, -0.1) is 0 Å². The Labute approximate surface area is 159 Å². The third kappa shape index (κ3) is 3.97. The van der Waals surface area contributed by atoms with E-state index in [0.29, 0.717) is 5.92 Å². The highest BCUT2D eigenvalue weighted by atomic mass is 15.1. The number of benzene rings is 2.